The highest BCUT2D eigenvalue weighted by Gasteiger charge is 2.30. The summed E-state index contributed by atoms with van der Waals surface area (Å²) in [4.78, 5) is 36.3. The molecule has 9 heteroatoms. The van der Waals surface area contributed by atoms with Gasteiger partial charge in [0, 0.05) is 24.2 Å². The second-order valence-electron chi connectivity index (χ2n) is 9.09. The lowest BCUT2D eigenvalue weighted by molar-refractivity contribution is -0.143. The molecule has 4 rings (SSSR count). The zero-order chi connectivity index (χ0) is 24.9. The molecule has 7 nitrogen and oxygen atoms in total. The molecule has 2 aliphatic carbocycles. The third kappa shape index (κ3) is 6.67. The Labute approximate surface area is 214 Å². The van der Waals surface area contributed by atoms with Gasteiger partial charge >= 0.3 is 5.97 Å². The van der Waals surface area contributed by atoms with Crippen molar-refractivity contribution in [1.29, 1.82) is 0 Å². The van der Waals surface area contributed by atoms with Crippen LogP contribution < -0.4 is 15.4 Å². The SMILES string of the molecule is O=C(NCCNC(=O)c1ccc(OC2CCC(C(=O)O)CC2)cc1C1CC1)c1ccc(Cl)c(Cl)c1. The Hall–Kier alpha value is -2.77. The lowest BCUT2D eigenvalue weighted by Crippen LogP contribution is -2.35. The largest absolute Gasteiger partial charge is 0.490 e. The van der Waals surface area contributed by atoms with Gasteiger partial charge in [0.25, 0.3) is 11.8 Å². The second kappa shape index (κ2) is 11.3. The predicted octanol–water partition coefficient (Wildman–Crippen LogP) is 5.05. The number of carboxylic acids is 1. The Morgan fingerprint density at radius 2 is 1.54 bits per heavy atom. The predicted molar refractivity (Wildman–Crippen MR) is 134 cm³/mol. The van der Waals surface area contributed by atoms with Gasteiger partial charge in [-0.15, -0.1) is 0 Å². The Balaban J connectivity index is 1.29. The summed E-state index contributed by atoms with van der Waals surface area (Å²) in [6.07, 6.45) is 4.74. The van der Waals surface area contributed by atoms with E-state index in [0.717, 1.165) is 24.2 Å². The molecule has 0 heterocycles. The van der Waals surface area contributed by atoms with E-state index in [1.54, 1.807) is 24.3 Å². The zero-order valence-corrected chi connectivity index (χ0v) is 20.7. The zero-order valence-electron chi connectivity index (χ0n) is 19.2. The minimum atomic E-state index is -0.733. The lowest BCUT2D eigenvalue weighted by atomic mass is 9.87. The first kappa shape index (κ1) is 25.3. The molecule has 0 atom stereocenters. The highest BCUT2D eigenvalue weighted by Crippen LogP contribution is 2.43. The Bertz CT molecular complexity index is 1110. The van der Waals surface area contributed by atoms with Crippen molar-refractivity contribution in [3.8, 4) is 5.75 Å². The molecule has 2 aromatic rings. The molecular formula is C26H28Cl2N2O5. The molecule has 2 aliphatic rings. The van der Waals surface area contributed by atoms with Crippen molar-refractivity contribution in [2.45, 2.75) is 50.5 Å². The third-order valence-corrected chi connectivity index (χ3v) is 7.23. The van der Waals surface area contributed by atoms with Crippen LogP contribution in [0.15, 0.2) is 36.4 Å². The maximum Gasteiger partial charge on any atom is 0.306 e. The molecule has 3 N–H and O–H groups in total. The highest BCUT2D eigenvalue weighted by molar-refractivity contribution is 6.42. The maximum absolute atomic E-state index is 12.8. The van der Waals surface area contributed by atoms with Crippen molar-refractivity contribution in [2.75, 3.05) is 13.1 Å². The lowest BCUT2D eigenvalue weighted by Gasteiger charge is -2.27. The first-order valence-electron chi connectivity index (χ1n) is 11.9. The van der Waals surface area contributed by atoms with Gasteiger partial charge < -0.3 is 20.5 Å². The topological polar surface area (TPSA) is 105 Å². The van der Waals surface area contributed by atoms with Crippen molar-refractivity contribution in [1.82, 2.24) is 10.6 Å². The van der Waals surface area contributed by atoms with Gasteiger partial charge in [0.05, 0.1) is 22.1 Å². The van der Waals surface area contributed by atoms with Crippen molar-refractivity contribution < 1.29 is 24.2 Å². The number of carboxylic acid groups (broad SMARTS) is 1. The smallest absolute Gasteiger partial charge is 0.306 e. The van der Waals surface area contributed by atoms with E-state index in [2.05, 4.69) is 10.6 Å². The van der Waals surface area contributed by atoms with E-state index in [1.165, 1.54) is 6.07 Å². The summed E-state index contributed by atoms with van der Waals surface area (Å²) in [6.45, 7) is 0.546. The van der Waals surface area contributed by atoms with E-state index in [4.69, 9.17) is 33.0 Å². The fourth-order valence-corrected chi connectivity index (χ4v) is 4.66. The van der Waals surface area contributed by atoms with E-state index in [-0.39, 0.29) is 36.9 Å². The fraction of sp³-hybridized carbons (Fsp3) is 0.423. The summed E-state index contributed by atoms with van der Waals surface area (Å²) in [5, 5.41) is 15.5. The van der Waals surface area contributed by atoms with Crippen LogP contribution in [0.3, 0.4) is 0 Å². The number of ether oxygens (including phenoxy) is 1. The van der Waals surface area contributed by atoms with Crippen LogP contribution in [0.25, 0.3) is 0 Å². The summed E-state index contributed by atoms with van der Waals surface area (Å²) < 4.78 is 6.13. The van der Waals surface area contributed by atoms with Gasteiger partial charge in [0.1, 0.15) is 5.75 Å². The number of aliphatic carboxylic acids is 1. The van der Waals surface area contributed by atoms with Gasteiger partial charge in [-0.1, -0.05) is 23.2 Å². The number of rotatable bonds is 9. The molecule has 35 heavy (non-hydrogen) atoms. The fourth-order valence-electron chi connectivity index (χ4n) is 4.36. The molecule has 2 amide bonds. The van der Waals surface area contributed by atoms with Crippen LogP contribution in [0.2, 0.25) is 10.0 Å². The monoisotopic (exact) mass is 518 g/mol. The average Bonchev–Trinajstić information content (AvgIpc) is 3.69. The van der Waals surface area contributed by atoms with Gasteiger partial charge in [0.15, 0.2) is 0 Å². The highest BCUT2D eigenvalue weighted by atomic mass is 35.5. The Kier molecular flexibility index (Phi) is 8.19. The van der Waals surface area contributed by atoms with Crippen molar-refractivity contribution >= 4 is 41.0 Å². The van der Waals surface area contributed by atoms with Gasteiger partial charge in [-0.3, -0.25) is 14.4 Å². The number of carbonyl (C=O) groups excluding carboxylic acids is 2. The van der Waals surface area contributed by atoms with Gasteiger partial charge in [-0.25, -0.2) is 0 Å². The number of nitrogens with one attached hydrogen (secondary N) is 2. The molecule has 0 aliphatic heterocycles. The van der Waals surface area contributed by atoms with E-state index in [0.29, 0.717) is 52.8 Å². The summed E-state index contributed by atoms with van der Waals surface area (Å²) in [6, 6.07) is 10.2. The van der Waals surface area contributed by atoms with Crippen molar-refractivity contribution in [3.05, 3.63) is 63.1 Å². The van der Waals surface area contributed by atoms with E-state index in [9.17, 15) is 14.4 Å². The first-order chi connectivity index (χ1) is 16.8. The van der Waals surface area contributed by atoms with Crippen LogP contribution >= 0.6 is 23.2 Å². The standard InChI is InChI=1S/C26H28Cl2N2O5/c27-22-10-5-17(13-23(22)28)24(31)29-11-12-30-25(32)20-9-8-19(14-21(20)15-1-2-15)35-18-6-3-16(4-7-18)26(33)34/h5,8-10,13-16,18H,1-4,6-7,11-12H2,(H,29,31)(H,30,32)(H,33,34). The van der Waals surface area contributed by atoms with Gasteiger partial charge in [-0.05, 0) is 86.4 Å². The first-order valence-corrected chi connectivity index (χ1v) is 12.6. The summed E-state index contributed by atoms with van der Waals surface area (Å²) in [7, 11) is 0. The molecule has 0 unspecified atom stereocenters. The van der Waals surface area contributed by atoms with Gasteiger partial charge in [0.2, 0.25) is 0 Å². The molecule has 0 radical (unpaired) electrons. The molecule has 0 aromatic heterocycles. The minimum absolute atomic E-state index is 0.00328. The van der Waals surface area contributed by atoms with Crippen LogP contribution in [-0.4, -0.2) is 42.1 Å². The van der Waals surface area contributed by atoms with Gasteiger partial charge in [-0.2, -0.15) is 0 Å². The number of halogens is 2. The van der Waals surface area contributed by atoms with Crippen LogP contribution in [0, 0.1) is 5.92 Å². The van der Waals surface area contributed by atoms with E-state index >= 15 is 0 Å². The summed E-state index contributed by atoms with van der Waals surface area (Å²) >= 11 is 11.8. The summed E-state index contributed by atoms with van der Waals surface area (Å²) in [5.41, 5.74) is 1.98. The second-order valence-corrected chi connectivity index (χ2v) is 9.91. The molecule has 0 saturated heterocycles. The number of carbonyl (C=O) groups is 3. The number of amides is 2. The molecule has 2 saturated carbocycles. The van der Waals surface area contributed by atoms with Crippen LogP contribution in [-0.2, 0) is 4.79 Å². The molecule has 186 valence electrons. The Morgan fingerprint density at radius 3 is 2.17 bits per heavy atom. The van der Waals surface area contributed by atoms with E-state index in [1.807, 2.05) is 6.07 Å². The number of hydrogen-bond acceptors (Lipinski definition) is 4. The van der Waals surface area contributed by atoms with Crippen LogP contribution in [0.1, 0.15) is 70.7 Å². The number of hydrogen-bond donors (Lipinski definition) is 3. The molecule has 2 aromatic carbocycles. The summed E-state index contributed by atoms with van der Waals surface area (Å²) in [5.74, 6) is -0.437. The number of benzene rings is 2. The molecule has 0 spiro atoms. The third-order valence-electron chi connectivity index (χ3n) is 6.49. The van der Waals surface area contributed by atoms with Crippen molar-refractivity contribution in [2.24, 2.45) is 5.92 Å². The van der Waals surface area contributed by atoms with Crippen LogP contribution in [0.4, 0.5) is 0 Å². The molecular weight excluding hydrogens is 491 g/mol. The van der Waals surface area contributed by atoms with Crippen molar-refractivity contribution in [3.63, 3.8) is 0 Å². The minimum Gasteiger partial charge on any atom is -0.490 e. The average molecular weight is 519 g/mol. The Morgan fingerprint density at radius 1 is 0.857 bits per heavy atom. The van der Waals surface area contributed by atoms with Crippen LogP contribution in [0.5, 0.6) is 5.75 Å². The maximum atomic E-state index is 12.8. The van der Waals surface area contributed by atoms with E-state index < -0.39 is 5.97 Å². The normalized spacial score (nSPS) is 19.6. The molecule has 0 bridgehead atoms. The quantitative estimate of drug-likeness (QED) is 0.402. The molecule has 2 fully saturated rings.